The number of halogens is 4. The largest absolute Gasteiger partial charge is 0.306 e. The van der Waals surface area contributed by atoms with Crippen LogP contribution in [0.4, 0.5) is 18.9 Å². The number of hydrogen-bond acceptors (Lipinski definition) is 3. The van der Waals surface area contributed by atoms with E-state index >= 15 is 0 Å². The van der Waals surface area contributed by atoms with Gasteiger partial charge in [-0.05, 0) is 0 Å². The lowest BCUT2D eigenvalue weighted by atomic mass is 10.2. The lowest BCUT2D eigenvalue weighted by Crippen LogP contribution is -1.97. The van der Waals surface area contributed by atoms with Gasteiger partial charge in [0.15, 0.2) is 11.6 Å². The number of aromatic nitrogens is 1. The summed E-state index contributed by atoms with van der Waals surface area (Å²) in [7, 11) is 0. The Kier molecular flexibility index (Phi) is 2.62. The van der Waals surface area contributed by atoms with E-state index in [-0.39, 0.29) is 6.07 Å². The molecule has 2 aromatic rings. The Labute approximate surface area is 96.8 Å². The number of benzene rings is 1. The summed E-state index contributed by atoms with van der Waals surface area (Å²) in [4.78, 5) is 12.9. The average molecular weight is 263 g/mol. The summed E-state index contributed by atoms with van der Waals surface area (Å²) in [6.45, 7) is 0. The van der Waals surface area contributed by atoms with Gasteiger partial charge in [-0.25, -0.2) is 18.2 Å². The third-order valence-corrected chi connectivity index (χ3v) is 2.49. The molecule has 0 fully saturated rings. The first-order valence-corrected chi connectivity index (χ1v) is 4.57. The van der Waals surface area contributed by atoms with Gasteiger partial charge in [-0.3, -0.25) is 10.1 Å². The standard InChI is InChI=1S/C9H2ClF3N2O2/c10-7-5(15(16)17)2-14-9-6(7)3(11)1-4(12)8(9)13/h1-2H. The highest BCUT2D eigenvalue weighted by Gasteiger charge is 2.22. The van der Waals surface area contributed by atoms with Crippen LogP contribution in [0.1, 0.15) is 0 Å². The van der Waals surface area contributed by atoms with Crippen molar-refractivity contribution >= 4 is 28.2 Å². The minimum atomic E-state index is -1.44. The average Bonchev–Trinajstić information content (AvgIpc) is 2.25. The van der Waals surface area contributed by atoms with E-state index < -0.39 is 44.0 Å². The highest BCUT2D eigenvalue weighted by Crippen LogP contribution is 2.34. The molecule has 0 atom stereocenters. The lowest BCUT2D eigenvalue weighted by molar-refractivity contribution is -0.384. The molecule has 0 saturated carbocycles. The summed E-state index contributed by atoms with van der Waals surface area (Å²) in [5, 5.41) is 9.29. The summed E-state index contributed by atoms with van der Waals surface area (Å²) < 4.78 is 39.5. The van der Waals surface area contributed by atoms with E-state index in [4.69, 9.17) is 11.6 Å². The number of pyridine rings is 1. The van der Waals surface area contributed by atoms with Crippen LogP contribution in [0.2, 0.25) is 5.02 Å². The molecule has 0 amide bonds. The van der Waals surface area contributed by atoms with Crippen LogP contribution in [0, 0.1) is 27.6 Å². The molecule has 0 aliphatic carbocycles. The van der Waals surface area contributed by atoms with Gasteiger partial charge in [0.2, 0.25) is 0 Å². The zero-order chi connectivity index (χ0) is 12.7. The predicted molar refractivity (Wildman–Crippen MR) is 53.3 cm³/mol. The highest BCUT2D eigenvalue weighted by atomic mass is 35.5. The van der Waals surface area contributed by atoms with Crippen molar-refractivity contribution in [2.24, 2.45) is 0 Å². The minimum Gasteiger partial charge on any atom is -0.258 e. The monoisotopic (exact) mass is 262 g/mol. The predicted octanol–water partition coefficient (Wildman–Crippen LogP) is 3.21. The first kappa shape index (κ1) is 11.6. The Morgan fingerprint density at radius 3 is 2.53 bits per heavy atom. The minimum absolute atomic E-state index is 0.259. The summed E-state index contributed by atoms with van der Waals surface area (Å²) in [6, 6.07) is 0.259. The normalized spacial score (nSPS) is 10.8. The Morgan fingerprint density at radius 1 is 1.29 bits per heavy atom. The zero-order valence-corrected chi connectivity index (χ0v) is 8.63. The summed E-state index contributed by atoms with van der Waals surface area (Å²) in [5.74, 6) is -4.05. The van der Waals surface area contributed by atoms with Gasteiger partial charge >= 0.3 is 5.69 Å². The van der Waals surface area contributed by atoms with E-state index in [1.807, 2.05) is 0 Å². The quantitative estimate of drug-likeness (QED) is 0.450. The molecular weight excluding hydrogens is 261 g/mol. The van der Waals surface area contributed by atoms with Crippen LogP contribution in [0.5, 0.6) is 0 Å². The Bertz CT molecular complexity index is 648. The number of nitro groups is 1. The third kappa shape index (κ3) is 1.68. The second kappa shape index (κ2) is 3.85. The van der Waals surface area contributed by atoms with Crippen LogP contribution < -0.4 is 0 Å². The van der Waals surface area contributed by atoms with Crippen molar-refractivity contribution in [1.82, 2.24) is 4.98 Å². The molecule has 2 rings (SSSR count). The van der Waals surface area contributed by atoms with Crippen molar-refractivity contribution in [2.45, 2.75) is 0 Å². The molecule has 0 spiro atoms. The van der Waals surface area contributed by atoms with Crippen molar-refractivity contribution in [3.05, 3.63) is 44.9 Å². The van der Waals surface area contributed by atoms with Crippen LogP contribution in [-0.4, -0.2) is 9.91 Å². The van der Waals surface area contributed by atoms with Gasteiger partial charge in [-0.15, -0.1) is 0 Å². The number of hydrogen-bond donors (Lipinski definition) is 0. The fourth-order valence-corrected chi connectivity index (χ4v) is 1.65. The van der Waals surface area contributed by atoms with Crippen LogP contribution in [-0.2, 0) is 0 Å². The number of nitrogens with zero attached hydrogens (tertiary/aromatic N) is 2. The molecule has 1 aromatic carbocycles. The van der Waals surface area contributed by atoms with Crippen LogP contribution >= 0.6 is 11.6 Å². The molecule has 17 heavy (non-hydrogen) atoms. The fourth-order valence-electron chi connectivity index (χ4n) is 1.35. The third-order valence-electron chi connectivity index (χ3n) is 2.10. The van der Waals surface area contributed by atoms with E-state index in [0.29, 0.717) is 6.20 Å². The van der Waals surface area contributed by atoms with Crippen molar-refractivity contribution in [2.75, 3.05) is 0 Å². The Hall–Kier alpha value is -1.89. The maximum atomic E-state index is 13.4. The topological polar surface area (TPSA) is 56.0 Å². The molecule has 0 radical (unpaired) electrons. The molecule has 0 aliphatic heterocycles. The zero-order valence-electron chi connectivity index (χ0n) is 7.88. The lowest BCUT2D eigenvalue weighted by Gasteiger charge is -2.04. The van der Waals surface area contributed by atoms with Crippen molar-refractivity contribution in [3.8, 4) is 0 Å². The summed E-state index contributed by atoms with van der Waals surface area (Å²) >= 11 is 5.56. The Morgan fingerprint density at radius 2 is 1.94 bits per heavy atom. The van der Waals surface area contributed by atoms with Crippen molar-refractivity contribution in [3.63, 3.8) is 0 Å². The molecule has 4 nitrogen and oxygen atoms in total. The molecule has 88 valence electrons. The molecule has 0 bridgehead atoms. The first-order valence-electron chi connectivity index (χ1n) is 4.19. The molecule has 0 aliphatic rings. The van der Waals surface area contributed by atoms with Crippen LogP contribution in [0.3, 0.4) is 0 Å². The molecule has 1 aromatic heterocycles. The SMILES string of the molecule is O=[N+]([O-])c1cnc2c(F)c(F)cc(F)c2c1Cl. The van der Waals surface area contributed by atoms with Gasteiger partial charge in [-0.2, -0.15) is 0 Å². The molecule has 0 N–H and O–H groups in total. The van der Waals surface area contributed by atoms with Crippen LogP contribution in [0.25, 0.3) is 10.9 Å². The number of rotatable bonds is 1. The van der Waals surface area contributed by atoms with Gasteiger partial charge in [0, 0.05) is 6.07 Å². The van der Waals surface area contributed by atoms with Gasteiger partial charge in [0.05, 0.1) is 10.3 Å². The van der Waals surface area contributed by atoms with Crippen molar-refractivity contribution < 1.29 is 18.1 Å². The van der Waals surface area contributed by atoms with E-state index in [2.05, 4.69) is 4.98 Å². The summed E-state index contributed by atoms with van der Waals surface area (Å²) in [5.41, 5.74) is -1.36. The summed E-state index contributed by atoms with van der Waals surface area (Å²) in [6.07, 6.45) is 0.645. The van der Waals surface area contributed by atoms with E-state index in [1.54, 1.807) is 0 Å². The maximum absolute atomic E-state index is 13.4. The maximum Gasteiger partial charge on any atom is 0.306 e. The van der Waals surface area contributed by atoms with Gasteiger partial charge < -0.3 is 0 Å². The van der Waals surface area contributed by atoms with E-state index in [9.17, 15) is 23.3 Å². The van der Waals surface area contributed by atoms with Crippen molar-refractivity contribution in [1.29, 1.82) is 0 Å². The second-order valence-electron chi connectivity index (χ2n) is 3.09. The van der Waals surface area contributed by atoms with Crippen LogP contribution in [0.15, 0.2) is 12.3 Å². The van der Waals surface area contributed by atoms with Gasteiger partial charge in [0.1, 0.15) is 22.6 Å². The molecular formula is C9H2ClF3N2O2. The first-order chi connectivity index (χ1) is 7.93. The fraction of sp³-hybridized carbons (Fsp3) is 0. The second-order valence-corrected chi connectivity index (χ2v) is 3.47. The smallest absolute Gasteiger partial charge is 0.258 e. The van der Waals surface area contributed by atoms with Gasteiger partial charge in [0.25, 0.3) is 0 Å². The highest BCUT2D eigenvalue weighted by molar-refractivity contribution is 6.37. The van der Waals surface area contributed by atoms with Gasteiger partial charge in [-0.1, -0.05) is 11.6 Å². The molecule has 1 heterocycles. The molecule has 8 heteroatoms. The molecule has 0 saturated heterocycles. The van der Waals surface area contributed by atoms with E-state index in [0.717, 1.165) is 0 Å². The Balaban J connectivity index is 2.96. The number of fused-ring (bicyclic) bond motifs is 1. The van der Waals surface area contributed by atoms with E-state index in [1.165, 1.54) is 0 Å². The molecule has 0 unspecified atom stereocenters.